The molecular weight excluding hydrogens is 272 g/mol. The lowest BCUT2D eigenvalue weighted by atomic mass is 10.3. The summed E-state index contributed by atoms with van der Waals surface area (Å²) in [5.41, 5.74) is 0.734. The Morgan fingerprint density at radius 1 is 1.14 bits per heavy atom. The average Bonchev–Trinajstić information content (AvgIpc) is 2.85. The first-order valence-corrected chi connectivity index (χ1v) is 6.57. The number of hydrogen-bond donors (Lipinski definition) is 0. The van der Waals surface area contributed by atoms with Gasteiger partial charge in [0, 0.05) is 30.0 Å². The highest BCUT2D eigenvalue weighted by atomic mass is 16.5. The molecule has 0 radical (unpaired) electrons. The van der Waals surface area contributed by atoms with Gasteiger partial charge < -0.3 is 14.0 Å². The molecule has 0 N–H and O–H groups in total. The molecule has 0 unspecified atom stereocenters. The van der Waals surface area contributed by atoms with E-state index in [-0.39, 0.29) is 13.2 Å². The van der Waals surface area contributed by atoms with E-state index in [1.807, 2.05) is 4.57 Å². The number of ether oxygens (including phenoxy) is 2. The van der Waals surface area contributed by atoms with Crippen molar-refractivity contribution in [3.05, 3.63) is 42.5 Å². The van der Waals surface area contributed by atoms with Crippen LogP contribution in [0.1, 0.15) is 19.7 Å². The molecule has 0 aliphatic carbocycles. The van der Waals surface area contributed by atoms with Crippen LogP contribution in [0.2, 0.25) is 0 Å². The Labute approximate surface area is 124 Å². The molecule has 1 heterocycles. The fourth-order valence-corrected chi connectivity index (χ4v) is 1.49. The molecule has 6 nitrogen and oxygen atoms in total. The third-order valence-corrected chi connectivity index (χ3v) is 2.62. The molecule has 0 fully saturated rings. The van der Waals surface area contributed by atoms with E-state index in [1.54, 1.807) is 26.2 Å². The molecule has 0 aliphatic heterocycles. The first-order valence-electron chi connectivity index (χ1n) is 6.57. The summed E-state index contributed by atoms with van der Waals surface area (Å²) in [4.78, 5) is 26.7. The van der Waals surface area contributed by atoms with Gasteiger partial charge >= 0.3 is 11.9 Å². The number of nitrogens with zero attached hydrogens (tertiary/aromatic N) is 2. The minimum atomic E-state index is -0.413. The van der Waals surface area contributed by atoms with E-state index in [9.17, 15) is 9.59 Å². The Balaban J connectivity index is 2.39. The van der Waals surface area contributed by atoms with Gasteiger partial charge in [0.05, 0.1) is 13.2 Å². The minimum absolute atomic E-state index is 0.230. The Bertz CT molecular complexity index is 499. The molecule has 0 saturated carbocycles. The number of aromatic nitrogens is 2. The molecule has 0 aliphatic rings. The lowest BCUT2D eigenvalue weighted by Crippen LogP contribution is -2.15. The van der Waals surface area contributed by atoms with Gasteiger partial charge in [0.25, 0.3) is 0 Å². The van der Waals surface area contributed by atoms with Gasteiger partial charge in [0.15, 0.2) is 0 Å². The van der Waals surface area contributed by atoms with Crippen LogP contribution in [0.4, 0.5) is 0 Å². The first kappa shape index (κ1) is 16.7. The predicted molar refractivity (Wildman–Crippen MR) is 77.5 cm³/mol. The molecule has 1 rings (SSSR count). The normalized spacial score (nSPS) is 10.0. The van der Waals surface area contributed by atoms with E-state index in [0.29, 0.717) is 24.1 Å². The smallest absolute Gasteiger partial charge is 0.333 e. The van der Waals surface area contributed by atoms with E-state index in [2.05, 4.69) is 18.1 Å². The third-order valence-electron chi connectivity index (χ3n) is 2.62. The third kappa shape index (κ3) is 5.64. The number of imidazole rings is 1. The fraction of sp³-hybridized carbons (Fsp3) is 0.400. The zero-order valence-electron chi connectivity index (χ0n) is 12.4. The van der Waals surface area contributed by atoms with E-state index in [0.717, 1.165) is 5.82 Å². The average molecular weight is 292 g/mol. The van der Waals surface area contributed by atoms with E-state index < -0.39 is 11.9 Å². The summed E-state index contributed by atoms with van der Waals surface area (Å²) in [7, 11) is 0. The van der Waals surface area contributed by atoms with Crippen LogP contribution in [0, 0.1) is 0 Å². The van der Waals surface area contributed by atoms with Gasteiger partial charge in [-0.25, -0.2) is 14.6 Å². The van der Waals surface area contributed by atoms with Gasteiger partial charge in [-0.05, 0) is 13.8 Å². The van der Waals surface area contributed by atoms with Crippen LogP contribution in [0.15, 0.2) is 36.7 Å². The predicted octanol–water partition coefficient (Wildman–Crippen LogP) is 1.66. The largest absolute Gasteiger partial charge is 0.462 e. The second-order valence-electron chi connectivity index (χ2n) is 4.62. The SMILES string of the molecule is C=C(C)C(=O)OCCc1nccn1CCOC(=O)C(=C)C. The Morgan fingerprint density at radius 2 is 1.71 bits per heavy atom. The molecule has 0 bridgehead atoms. The van der Waals surface area contributed by atoms with Gasteiger partial charge in [-0.2, -0.15) is 0 Å². The van der Waals surface area contributed by atoms with Gasteiger partial charge in [0.1, 0.15) is 12.4 Å². The molecule has 0 saturated heterocycles. The minimum Gasteiger partial charge on any atom is -0.462 e. The zero-order valence-corrected chi connectivity index (χ0v) is 12.4. The van der Waals surface area contributed by atoms with Crippen molar-refractivity contribution in [2.45, 2.75) is 26.8 Å². The molecule has 1 aromatic heterocycles. The second-order valence-corrected chi connectivity index (χ2v) is 4.62. The van der Waals surface area contributed by atoms with Crippen molar-refractivity contribution >= 4 is 11.9 Å². The standard InChI is InChI=1S/C15H20N2O4/c1-11(2)14(18)20-9-5-13-16-6-7-17(13)8-10-21-15(19)12(3)4/h6-7H,1,3,5,8-10H2,2,4H3. The van der Waals surface area contributed by atoms with Crippen LogP contribution in [0.25, 0.3) is 0 Å². The quantitative estimate of drug-likeness (QED) is 0.538. The van der Waals surface area contributed by atoms with Crippen molar-refractivity contribution in [2.24, 2.45) is 0 Å². The number of carbonyl (C=O) groups is 2. The highest BCUT2D eigenvalue weighted by Gasteiger charge is 2.08. The van der Waals surface area contributed by atoms with Crippen LogP contribution < -0.4 is 0 Å². The fourth-order valence-electron chi connectivity index (χ4n) is 1.49. The Morgan fingerprint density at radius 3 is 2.29 bits per heavy atom. The van der Waals surface area contributed by atoms with Crippen LogP contribution in [0.3, 0.4) is 0 Å². The monoisotopic (exact) mass is 292 g/mol. The van der Waals surface area contributed by atoms with Crippen LogP contribution in [0.5, 0.6) is 0 Å². The van der Waals surface area contributed by atoms with E-state index in [1.165, 1.54) is 0 Å². The van der Waals surface area contributed by atoms with Gasteiger partial charge in [-0.3, -0.25) is 0 Å². The number of esters is 2. The highest BCUT2D eigenvalue weighted by Crippen LogP contribution is 2.02. The lowest BCUT2D eigenvalue weighted by molar-refractivity contribution is -0.140. The summed E-state index contributed by atoms with van der Waals surface area (Å²) in [5.74, 6) is -0.0635. The summed E-state index contributed by atoms with van der Waals surface area (Å²) >= 11 is 0. The molecule has 21 heavy (non-hydrogen) atoms. The summed E-state index contributed by atoms with van der Waals surface area (Å²) in [6, 6.07) is 0. The van der Waals surface area contributed by atoms with Gasteiger partial charge in [-0.1, -0.05) is 13.2 Å². The molecular formula is C15H20N2O4. The molecule has 114 valence electrons. The van der Waals surface area contributed by atoms with Crippen molar-refractivity contribution in [2.75, 3.05) is 13.2 Å². The van der Waals surface area contributed by atoms with Gasteiger partial charge in [0.2, 0.25) is 0 Å². The molecule has 0 aromatic carbocycles. The van der Waals surface area contributed by atoms with Crippen LogP contribution in [-0.2, 0) is 32.0 Å². The second kappa shape index (κ2) is 8.04. The summed E-state index contributed by atoms with van der Waals surface area (Å²) in [5, 5.41) is 0. The van der Waals surface area contributed by atoms with Crippen molar-refractivity contribution in [1.82, 2.24) is 9.55 Å². The zero-order chi connectivity index (χ0) is 15.8. The number of hydrogen-bond acceptors (Lipinski definition) is 5. The van der Waals surface area contributed by atoms with Crippen LogP contribution in [-0.4, -0.2) is 34.7 Å². The molecule has 6 heteroatoms. The van der Waals surface area contributed by atoms with Crippen molar-refractivity contribution in [1.29, 1.82) is 0 Å². The lowest BCUT2D eigenvalue weighted by Gasteiger charge is -2.09. The number of carbonyl (C=O) groups excluding carboxylic acids is 2. The topological polar surface area (TPSA) is 70.4 Å². The number of rotatable bonds is 8. The Hall–Kier alpha value is -2.37. The summed E-state index contributed by atoms with van der Waals surface area (Å²) < 4.78 is 11.9. The van der Waals surface area contributed by atoms with Gasteiger partial charge in [-0.15, -0.1) is 0 Å². The molecule has 0 amide bonds. The van der Waals surface area contributed by atoms with E-state index >= 15 is 0 Å². The maximum atomic E-state index is 11.3. The van der Waals surface area contributed by atoms with Crippen molar-refractivity contribution < 1.29 is 19.1 Å². The highest BCUT2D eigenvalue weighted by molar-refractivity contribution is 5.87. The summed E-state index contributed by atoms with van der Waals surface area (Å²) in [6.45, 7) is 11.2. The first-order chi connectivity index (χ1) is 9.91. The molecule has 0 atom stereocenters. The maximum absolute atomic E-state index is 11.3. The summed E-state index contributed by atoms with van der Waals surface area (Å²) in [6.07, 6.45) is 3.92. The van der Waals surface area contributed by atoms with Crippen molar-refractivity contribution in [3.8, 4) is 0 Å². The van der Waals surface area contributed by atoms with Crippen molar-refractivity contribution in [3.63, 3.8) is 0 Å². The molecule has 0 spiro atoms. The Kier molecular flexibility index (Phi) is 6.39. The maximum Gasteiger partial charge on any atom is 0.333 e. The molecule has 1 aromatic rings. The van der Waals surface area contributed by atoms with Crippen LogP contribution >= 0.6 is 0 Å². The van der Waals surface area contributed by atoms with E-state index in [4.69, 9.17) is 9.47 Å².